The van der Waals surface area contributed by atoms with Crippen LogP contribution in [0.15, 0.2) is 18.2 Å². The molecule has 0 unspecified atom stereocenters. The Labute approximate surface area is 165 Å². The first-order chi connectivity index (χ1) is 13.6. The Hall–Kier alpha value is -2.54. The molecule has 28 heavy (non-hydrogen) atoms. The van der Waals surface area contributed by atoms with Crippen molar-refractivity contribution in [3.05, 3.63) is 35.2 Å². The third kappa shape index (κ3) is 3.85. The van der Waals surface area contributed by atoms with E-state index < -0.39 is 0 Å². The number of rotatable bonds is 7. The zero-order chi connectivity index (χ0) is 19.7. The van der Waals surface area contributed by atoms with Crippen LogP contribution in [0.2, 0.25) is 0 Å². The fourth-order valence-electron chi connectivity index (χ4n) is 3.59. The lowest BCUT2D eigenvalue weighted by Crippen LogP contribution is -2.31. The Kier molecular flexibility index (Phi) is 5.26. The molecule has 1 aliphatic heterocycles. The average Bonchev–Trinajstić information content (AvgIpc) is 3.57. The molecule has 1 fully saturated rings. The highest BCUT2D eigenvalue weighted by atomic mass is 16.5. The summed E-state index contributed by atoms with van der Waals surface area (Å²) in [5.41, 5.74) is 2.52. The minimum Gasteiger partial charge on any atom is -0.493 e. The van der Waals surface area contributed by atoms with Gasteiger partial charge in [0.1, 0.15) is 17.5 Å². The van der Waals surface area contributed by atoms with Gasteiger partial charge in [-0.1, -0.05) is 0 Å². The van der Waals surface area contributed by atoms with Crippen molar-refractivity contribution in [3.8, 4) is 11.5 Å². The lowest BCUT2D eigenvalue weighted by Gasteiger charge is -2.31. The topological polar surface area (TPSA) is 79.7 Å². The predicted molar refractivity (Wildman–Crippen MR) is 108 cm³/mol. The minimum atomic E-state index is -0.0476. The van der Waals surface area contributed by atoms with Crippen LogP contribution >= 0.6 is 0 Å². The molecule has 1 atom stereocenters. The van der Waals surface area contributed by atoms with Crippen molar-refractivity contribution in [2.45, 2.75) is 44.7 Å². The molecular weight excluding hydrogens is 356 g/mol. The van der Waals surface area contributed by atoms with Crippen LogP contribution in [0.1, 0.15) is 42.6 Å². The van der Waals surface area contributed by atoms with Crippen LogP contribution in [0.4, 0.5) is 11.6 Å². The number of aromatic nitrogens is 2. The van der Waals surface area contributed by atoms with E-state index in [-0.39, 0.29) is 12.6 Å². The van der Waals surface area contributed by atoms with E-state index in [2.05, 4.69) is 27.3 Å². The van der Waals surface area contributed by atoms with Gasteiger partial charge in [0.2, 0.25) is 0 Å². The highest BCUT2D eigenvalue weighted by molar-refractivity contribution is 5.55. The SMILES string of the molecule is COc1cc2c(cc1OC)CN(c1cc(N[C@@H](C)CO)nc(C3CC3)n1)CC2. The lowest BCUT2D eigenvalue weighted by atomic mass is 9.99. The molecule has 2 N–H and O–H groups in total. The van der Waals surface area contributed by atoms with Crippen molar-refractivity contribution in [1.29, 1.82) is 0 Å². The van der Waals surface area contributed by atoms with Gasteiger partial charge in [-0.3, -0.25) is 0 Å². The third-order valence-corrected chi connectivity index (χ3v) is 5.38. The van der Waals surface area contributed by atoms with E-state index in [1.54, 1.807) is 14.2 Å². The van der Waals surface area contributed by atoms with Crippen molar-refractivity contribution >= 4 is 11.6 Å². The normalized spacial score (nSPS) is 17.1. The number of nitrogens with zero attached hydrogens (tertiary/aromatic N) is 3. The molecule has 7 heteroatoms. The molecule has 7 nitrogen and oxygen atoms in total. The number of fused-ring (bicyclic) bond motifs is 1. The van der Waals surface area contributed by atoms with Crippen molar-refractivity contribution in [1.82, 2.24) is 9.97 Å². The summed E-state index contributed by atoms with van der Waals surface area (Å²) in [7, 11) is 3.33. The van der Waals surface area contributed by atoms with Crippen LogP contribution in [0, 0.1) is 0 Å². The molecule has 1 aromatic carbocycles. The highest BCUT2D eigenvalue weighted by Gasteiger charge is 2.29. The summed E-state index contributed by atoms with van der Waals surface area (Å²) in [4.78, 5) is 11.8. The van der Waals surface area contributed by atoms with E-state index in [0.29, 0.717) is 5.92 Å². The van der Waals surface area contributed by atoms with Crippen LogP contribution in [0.3, 0.4) is 0 Å². The summed E-state index contributed by atoms with van der Waals surface area (Å²) in [5, 5.41) is 12.7. The monoisotopic (exact) mass is 384 g/mol. The molecule has 1 aliphatic carbocycles. The first kappa shape index (κ1) is 18.8. The number of hydrogen-bond donors (Lipinski definition) is 2. The molecule has 0 radical (unpaired) electrons. The van der Waals surface area contributed by atoms with Crippen LogP contribution in [-0.4, -0.2) is 48.5 Å². The van der Waals surface area contributed by atoms with Crippen molar-refractivity contribution < 1.29 is 14.6 Å². The number of methoxy groups -OCH3 is 2. The maximum atomic E-state index is 9.37. The second-order valence-corrected chi connectivity index (χ2v) is 7.62. The fraction of sp³-hybridized carbons (Fsp3) is 0.524. The number of nitrogens with one attached hydrogen (secondary N) is 1. The first-order valence-corrected chi connectivity index (χ1v) is 9.86. The zero-order valence-corrected chi connectivity index (χ0v) is 16.7. The molecule has 2 aromatic rings. The van der Waals surface area contributed by atoms with Crippen LogP contribution in [0.25, 0.3) is 0 Å². The van der Waals surface area contributed by atoms with Crippen molar-refractivity contribution in [2.24, 2.45) is 0 Å². The molecule has 2 heterocycles. The fourth-order valence-corrected chi connectivity index (χ4v) is 3.59. The molecule has 0 spiro atoms. The van der Waals surface area contributed by atoms with Crippen LogP contribution < -0.4 is 19.7 Å². The van der Waals surface area contributed by atoms with Gasteiger partial charge in [0, 0.05) is 31.1 Å². The summed E-state index contributed by atoms with van der Waals surface area (Å²) in [6, 6.07) is 6.09. The maximum absolute atomic E-state index is 9.37. The van der Waals surface area contributed by atoms with Crippen LogP contribution in [0.5, 0.6) is 11.5 Å². The number of aliphatic hydroxyl groups is 1. The largest absolute Gasteiger partial charge is 0.493 e. The molecule has 0 saturated heterocycles. The van der Waals surface area contributed by atoms with Gasteiger partial charge in [-0.15, -0.1) is 0 Å². The van der Waals surface area contributed by atoms with Gasteiger partial charge in [0.15, 0.2) is 11.5 Å². The molecule has 2 aliphatic rings. The molecule has 150 valence electrons. The number of aliphatic hydroxyl groups excluding tert-OH is 1. The second-order valence-electron chi connectivity index (χ2n) is 7.62. The van der Waals surface area contributed by atoms with E-state index in [1.807, 2.05) is 13.0 Å². The van der Waals surface area contributed by atoms with E-state index in [0.717, 1.165) is 61.3 Å². The van der Waals surface area contributed by atoms with Crippen molar-refractivity contribution in [3.63, 3.8) is 0 Å². The summed E-state index contributed by atoms with van der Waals surface area (Å²) in [5.74, 6) is 4.62. The van der Waals surface area contributed by atoms with E-state index in [4.69, 9.17) is 14.5 Å². The van der Waals surface area contributed by atoms with Gasteiger partial charge >= 0.3 is 0 Å². The highest BCUT2D eigenvalue weighted by Crippen LogP contribution is 2.40. The van der Waals surface area contributed by atoms with Crippen molar-refractivity contribution in [2.75, 3.05) is 37.6 Å². The molecule has 1 saturated carbocycles. The van der Waals surface area contributed by atoms with Gasteiger partial charge in [-0.25, -0.2) is 9.97 Å². The van der Waals surface area contributed by atoms with Crippen LogP contribution in [-0.2, 0) is 13.0 Å². The summed E-state index contributed by atoms with van der Waals surface area (Å²) >= 11 is 0. The molecule has 0 amide bonds. The maximum Gasteiger partial charge on any atom is 0.161 e. The Morgan fingerprint density at radius 3 is 2.50 bits per heavy atom. The van der Waals surface area contributed by atoms with Gasteiger partial charge in [0.25, 0.3) is 0 Å². The Bertz CT molecular complexity index is 854. The number of benzene rings is 1. The van der Waals surface area contributed by atoms with E-state index >= 15 is 0 Å². The van der Waals surface area contributed by atoms with E-state index in [9.17, 15) is 5.11 Å². The van der Waals surface area contributed by atoms with Gasteiger partial charge in [-0.05, 0) is 49.4 Å². The van der Waals surface area contributed by atoms with E-state index in [1.165, 1.54) is 11.1 Å². The molecule has 1 aromatic heterocycles. The van der Waals surface area contributed by atoms with Gasteiger partial charge < -0.3 is 24.8 Å². The summed E-state index contributed by atoms with van der Waals surface area (Å²) in [6.45, 7) is 3.66. The second kappa shape index (κ2) is 7.83. The Morgan fingerprint density at radius 2 is 1.86 bits per heavy atom. The Balaban J connectivity index is 1.62. The molecular formula is C21H28N4O3. The number of ether oxygens (including phenoxy) is 2. The first-order valence-electron chi connectivity index (χ1n) is 9.86. The Morgan fingerprint density at radius 1 is 1.14 bits per heavy atom. The lowest BCUT2D eigenvalue weighted by molar-refractivity contribution is 0.281. The molecule has 0 bridgehead atoms. The standard InChI is InChI=1S/C21H28N4O3/c1-13(12-26)22-19-10-20(24-21(23-19)14-4-5-14)25-7-6-15-8-17(27-2)18(28-3)9-16(15)11-25/h8-10,13-14,26H,4-7,11-12H2,1-3H3,(H,22,23,24)/t13-/m0/s1. The average molecular weight is 384 g/mol. The number of hydrogen-bond acceptors (Lipinski definition) is 7. The zero-order valence-electron chi connectivity index (χ0n) is 16.7. The quantitative estimate of drug-likeness (QED) is 0.760. The summed E-state index contributed by atoms with van der Waals surface area (Å²) < 4.78 is 10.9. The number of anilines is 2. The predicted octanol–water partition coefficient (Wildman–Crippen LogP) is 2.73. The molecule has 4 rings (SSSR count). The summed E-state index contributed by atoms with van der Waals surface area (Å²) in [6.07, 6.45) is 3.23. The van der Waals surface area contributed by atoms with Gasteiger partial charge in [-0.2, -0.15) is 0 Å². The van der Waals surface area contributed by atoms with Gasteiger partial charge in [0.05, 0.1) is 20.8 Å². The minimum absolute atomic E-state index is 0.0476. The smallest absolute Gasteiger partial charge is 0.161 e. The third-order valence-electron chi connectivity index (χ3n) is 5.38.